The number of H-pyrrole nitrogens is 2. The molecule has 3 N–H and O–H groups in total. The third-order valence-corrected chi connectivity index (χ3v) is 3.44. The molecule has 0 spiro atoms. The number of carbonyl (C=O) groups is 1. The van der Waals surface area contributed by atoms with Crippen LogP contribution in [0, 0.1) is 4.77 Å². The first-order valence-corrected chi connectivity index (χ1v) is 6.86. The SMILES string of the molecule is CNC(=O)OC(C(F)F)C(F)Cn1c(=S)[nH]c(=O)c2[nH]ccc21. The van der Waals surface area contributed by atoms with Gasteiger partial charge in [-0.2, -0.15) is 0 Å². The van der Waals surface area contributed by atoms with E-state index in [1.807, 2.05) is 5.32 Å². The Morgan fingerprint density at radius 1 is 1.48 bits per heavy atom. The number of ether oxygens (including phenoxy) is 1. The van der Waals surface area contributed by atoms with Crippen LogP contribution >= 0.6 is 12.2 Å². The van der Waals surface area contributed by atoms with Crippen LogP contribution in [-0.4, -0.2) is 46.4 Å². The van der Waals surface area contributed by atoms with E-state index in [0.717, 1.165) is 4.57 Å². The molecule has 2 heterocycles. The fraction of sp³-hybridized carbons (Fsp3) is 0.417. The van der Waals surface area contributed by atoms with Crippen LogP contribution in [0.5, 0.6) is 0 Å². The van der Waals surface area contributed by atoms with Crippen LogP contribution in [0.2, 0.25) is 0 Å². The van der Waals surface area contributed by atoms with E-state index in [9.17, 15) is 22.8 Å². The van der Waals surface area contributed by atoms with Crippen molar-refractivity contribution in [3.05, 3.63) is 27.4 Å². The minimum atomic E-state index is -3.22. The van der Waals surface area contributed by atoms with Gasteiger partial charge < -0.3 is 19.6 Å². The molecule has 2 aromatic rings. The number of fused-ring (bicyclic) bond motifs is 1. The molecule has 0 aliphatic rings. The lowest BCUT2D eigenvalue weighted by atomic mass is 10.2. The predicted octanol–water partition coefficient (Wildman–Crippen LogP) is 1.71. The number of carbonyl (C=O) groups excluding carboxylic acids is 1. The number of alkyl carbamates (subject to hydrolysis) is 1. The number of rotatable bonds is 5. The standard InChI is InChI=1S/C12H13F3N4O3S/c1-16-12(21)22-8(9(14)15)5(13)4-19-6-2-3-17-7(6)10(20)18-11(19)23/h2-3,5,8-9,17H,4H2,1H3,(H,16,21)(H,18,20,23). The van der Waals surface area contributed by atoms with Crippen LogP contribution in [0.25, 0.3) is 11.0 Å². The second-order valence-corrected chi connectivity index (χ2v) is 4.96. The zero-order chi connectivity index (χ0) is 17.1. The number of aromatic amines is 2. The summed E-state index contributed by atoms with van der Waals surface area (Å²) < 4.78 is 45.5. The Bertz CT molecular complexity index is 816. The zero-order valence-electron chi connectivity index (χ0n) is 11.8. The fourth-order valence-electron chi connectivity index (χ4n) is 2.03. The quantitative estimate of drug-likeness (QED) is 0.716. The average molecular weight is 350 g/mol. The van der Waals surface area contributed by atoms with E-state index >= 15 is 0 Å². The molecule has 7 nitrogen and oxygen atoms in total. The molecule has 0 radical (unpaired) electrons. The van der Waals surface area contributed by atoms with Gasteiger partial charge in [0.05, 0.1) is 12.1 Å². The van der Waals surface area contributed by atoms with Gasteiger partial charge in [-0.1, -0.05) is 0 Å². The van der Waals surface area contributed by atoms with E-state index in [0.29, 0.717) is 0 Å². The van der Waals surface area contributed by atoms with Gasteiger partial charge in [-0.3, -0.25) is 9.78 Å². The number of nitrogens with one attached hydrogen (secondary N) is 3. The molecule has 126 valence electrons. The van der Waals surface area contributed by atoms with Crippen LogP contribution in [0.4, 0.5) is 18.0 Å². The Kier molecular flexibility index (Phi) is 5.08. The van der Waals surface area contributed by atoms with E-state index in [-0.39, 0.29) is 15.8 Å². The summed E-state index contributed by atoms with van der Waals surface area (Å²) in [6.07, 6.45) is -7.46. The molecule has 0 bridgehead atoms. The van der Waals surface area contributed by atoms with Gasteiger partial charge in [-0.05, 0) is 18.3 Å². The minimum absolute atomic E-state index is 0.127. The maximum absolute atomic E-state index is 14.3. The molecule has 0 saturated heterocycles. The summed E-state index contributed by atoms with van der Waals surface area (Å²) in [6, 6.07) is 1.46. The second-order valence-electron chi connectivity index (χ2n) is 4.58. The summed E-state index contributed by atoms with van der Waals surface area (Å²) in [4.78, 5) is 27.7. The number of hydrogen-bond acceptors (Lipinski definition) is 4. The number of halogens is 3. The number of alkyl halides is 3. The maximum atomic E-state index is 14.3. The Morgan fingerprint density at radius 3 is 2.78 bits per heavy atom. The van der Waals surface area contributed by atoms with Crippen molar-refractivity contribution in [2.24, 2.45) is 0 Å². The van der Waals surface area contributed by atoms with Crippen LogP contribution in [0.3, 0.4) is 0 Å². The van der Waals surface area contributed by atoms with Gasteiger partial charge in [0.2, 0.25) is 0 Å². The lowest BCUT2D eigenvalue weighted by Gasteiger charge is -2.21. The van der Waals surface area contributed by atoms with Gasteiger partial charge in [0.25, 0.3) is 12.0 Å². The Labute approximate surface area is 132 Å². The number of aromatic nitrogens is 3. The fourth-order valence-corrected chi connectivity index (χ4v) is 2.30. The predicted molar refractivity (Wildman–Crippen MR) is 78.0 cm³/mol. The highest BCUT2D eigenvalue weighted by molar-refractivity contribution is 7.71. The average Bonchev–Trinajstić information content (AvgIpc) is 2.98. The van der Waals surface area contributed by atoms with Crippen LogP contribution in [-0.2, 0) is 11.3 Å². The van der Waals surface area contributed by atoms with Crippen molar-refractivity contribution in [1.82, 2.24) is 19.9 Å². The molecule has 0 aromatic carbocycles. The summed E-state index contributed by atoms with van der Waals surface area (Å²) in [5.74, 6) is 0. The molecule has 2 atom stereocenters. The lowest BCUT2D eigenvalue weighted by Crippen LogP contribution is -2.40. The van der Waals surface area contributed by atoms with Gasteiger partial charge in [0, 0.05) is 13.2 Å². The van der Waals surface area contributed by atoms with Crippen molar-refractivity contribution in [2.75, 3.05) is 7.05 Å². The van der Waals surface area contributed by atoms with Crippen molar-refractivity contribution in [3.63, 3.8) is 0 Å². The van der Waals surface area contributed by atoms with E-state index in [1.165, 1.54) is 19.3 Å². The van der Waals surface area contributed by atoms with E-state index in [1.54, 1.807) is 0 Å². The lowest BCUT2D eigenvalue weighted by molar-refractivity contribution is -0.0598. The Balaban J connectivity index is 2.33. The van der Waals surface area contributed by atoms with Crippen LogP contribution in [0.1, 0.15) is 0 Å². The molecule has 2 rings (SSSR count). The van der Waals surface area contributed by atoms with Crippen molar-refractivity contribution < 1.29 is 22.7 Å². The van der Waals surface area contributed by atoms with Gasteiger partial charge in [-0.25, -0.2) is 18.0 Å². The first-order valence-electron chi connectivity index (χ1n) is 6.46. The topological polar surface area (TPSA) is 91.9 Å². The molecule has 2 unspecified atom stereocenters. The summed E-state index contributed by atoms with van der Waals surface area (Å²) in [6.45, 7) is -0.615. The molecule has 0 aliphatic carbocycles. The Hall–Kier alpha value is -2.30. The number of hydrogen-bond donors (Lipinski definition) is 3. The van der Waals surface area contributed by atoms with E-state index in [4.69, 9.17) is 12.2 Å². The third kappa shape index (κ3) is 3.55. The number of amides is 1. The summed E-state index contributed by atoms with van der Waals surface area (Å²) in [7, 11) is 1.17. The molecule has 23 heavy (non-hydrogen) atoms. The second kappa shape index (κ2) is 6.86. The van der Waals surface area contributed by atoms with Gasteiger partial charge in [-0.15, -0.1) is 0 Å². The van der Waals surface area contributed by atoms with E-state index in [2.05, 4.69) is 14.7 Å². The first kappa shape index (κ1) is 17.1. The zero-order valence-corrected chi connectivity index (χ0v) is 12.6. The summed E-state index contributed by atoms with van der Waals surface area (Å²) in [5, 5.41) is 1.97. The van der Waals surface area contributed by atoms with Crippen molar-refractivity contribution in [1.29, 1.82) is 0 Å². The first-order chi connectivity index (χ1) is 10.8. The van der Waals surface area contributed by atoms with Crippen molar-refractivity contribution in [3.8, 4) is 0 Å². The largest absolute Gasteiger partial charge is 0.437 e. The van der Waals surface area contributed by atoms with Crippen LogP contribution in [0.15, 0.2) is 17.1 Å². The molecule has 11 heteroatoms. The van der Waals surface area contributed by atoms with Gasteiger partial charge in [0.1, 0.15) is 5.52 Å². The molecule has 0 saturated carbocycles. The third-order valence-electron chi connectivity index (χ3n) is 3.12. The minimum Gasteiger partial charge on any atom is -0.437 e. The summed E-state index contributed by atoms with van der Waals surface area (Å²) >= 11 is 4.93. The number of nitrogens with zero attached hydrogens (tertiary/aromatic N) is 1. The highest BCUT2D eigenvalue weighted by Crippen LogP contribution is 2.18. The van der Waals surface area contributed by atoms with Gasteiger partial charge >= 0.3 is 6.09 Å². The van der Waals surface area contributed by atoms with Crippen LogP contribution < -0.4 is 10.9 Å². The smallest absolute Gasteiger partial charge is 0.407 e. The molecule has 1 amide bonds. The summed E-state index contributed by atoms with van der Waals surface area (Å²) in [5.41, 5.74) is -0.116. The van der Waals surface area contributed by atoms with Crippen molar-refractivity contribution in [2.45, 2.75) is 25.2 Å². The molecule has 0 aliphatic heterocycles. The maximum Gasteiger partial charge on any atom is 0.407 e. The molecule has 0 fully saturated rings. The Morgan fingerprint density at radius 2 is 2.17 bits per heavy atom. The van der Waals surface area contributed by atoms with Crippen molar-refractivity contribution >= 4 is 29.3 Å². The molecular formula is C12H13F3N4O3S. The molecule has 2 aromatic heterocycles. The van der Waals surface area contributed by atoms with Gasteiger partial charge in [0.15, 0.2) is 17.0 Å². The highest BCUT2D eigenvalue weighted by atomic mass is 32.1. The molecular weight excluding hydrogens is 337 g/mol. The highest BCUT2D eigenvalue weighted by Gasteiger charge is 2.34. The van der Waals surface area contributed by atoms with E-state index < -0.39 is 36.9 Å². The normalized spacial score (nSPS) is 14.0. The monoisotopic (exact) mass is 350 g/mol.